The normalized spacial score (nSPS) is 12.6. The van der Waals surface area contributed by atoms with Crippen LogP contribution < -0.4 is 16.0 Å². The molecular formula is C14H22FN3O2. The van der Waals surface area contributed by atoms with Crippen molar-refractivity contribution in [3.63, 3.8) is 0 Å². The van der Waals surface area contributed by atoms with Gasteiger partial charge in [-0.2, -0.15) is 0 Å². The van der Waals surface area contributed by atoms with E-state index in [0.717, 1.165) is 5.56 Å². The van der Waals surface area contributed by atoms with Crippen LogP contribution in [0.4, 0.5) is 4.39 Å². The predicted molar refractivity (Wildman–Crippen MR) is 75.4 cm³/mol. The van der Waals surface area contributed by atoms with E-state index < -0.39 is 5.82 Å². The second-order valence-corrected chi connectivity index (χ2v) is 5.08. The number of ether oxygens (including phenoxy) is 1. The zero-order chi connectivity index (χ0) is 15.3. The molecule has 0 bridgehead atoms. The first-order chi connectivity index (χ1) is 9.40. The number of benzene rings is 1. The van der Waals surface area contributed by atoms with Gasteiger partial charge in [0.25, 0.3) is 5.91 Å². The molecule has 1 atom stereocenters. The highest BCUT2D eigenvalue weighted by atomic mass is 19.1. The maximum atomic E-state index is 13.6. The van der Waals surface area contributed by atoms with Gasteiger partial charge >= 0.3 is 0 Å². The maximum Gasteiger partial charge on any atom is 0.251 e. The number of carbonyl (C=O) groups excluding carboxylic acids is 1. The summed E-state index contributed by atoms with van der Waals surface area (Å²) < 4.78 is 18.5. The first-order valence-electron chi connectivity index (χ1n) is 6.43. The fraction of sp³-hybridized carbons (Fsp3) is 0.500. The van der Waals surface area contributed by atoms with Gasteiger partial charge < -0.3 is 4.74 Å². The Morgan fingerprint density at radius 1 is 1.50 bits per heavy atom. The molecule has 1 unspecified atom stereocenters. The van der Waals surface area contributed by atoms with Gasteiger partial charge in [-0.1, -0.05) is 19.9 Å². The summed E-state index contributed by atoms with van der Waals surface area (Å²) in [7, 11) is 3.23. The lowest BCUT2D eigenvalue weighted by Gasteiger charge is -2.29. The number of rotatable bonds is 6. The lowest BCUT2D eigenvalue weighted by atomic mass is 10.0. The minimum Gasteiger partial charge on any atom is -0.494 e. The van der Waals surface area contributed by atoms with Gasteiger partial charge in [-0.25, -0.2) is 10.2 Å². The molecule has 1 rings (SSSR count). The standard InChI is InChI=1S/C14H22FN3O2/c1-9(2)13(14(19)17-16)18(3)8-10-5-6-12(20-4)11(15)7-10/h5-7,9,13H,8,16H2,1-4H3,(H,17,19). The Bertz CT molecular complexity index is 466. The van der Waals surface area contributed by atoms with Crippen molar-refractivity contribution in [3.8, 4) is 5.75 Å². The molecule has 1 amide bonds. The largest absolute Gasteiger partial charge is 0.494 e. The van der Waals surface area contributed by atoms with E-state index in [9.17, 15) is 9.18 Å². The molecule has 6 heteroatoms. The number of likely N-dealkylation sites (N-methyl/N-ethyl adjacent to an activating group) is 1. The highest BCUT2D eigenvalue weighted by molar-refractivity contribution is 5.81. The molecule has 5 nitrogen and oxygen atoms in total. The zero-order valence-electron chi connectivity index (χ0n) is 12.3. The summed E-state index contributed by atoms with van der Waals surface area (Å²) in [5.74, 6) is 4.83. The van der Waals surface area contributed by atoms with E-state index >= 15 is 0 Å². The second-order valence-electron chi connectivity index (χ2n) is 5.08. The van der Waals surface area contributed by atoms with Crippen LogP contribution in [0.2, 0.25) is 0 Å². The summed E-state index contributed by atoms with van der Waals surface area (Å²) in [4.78, 5) is 13.6. The summed E-state index contributed by atoms with van der Waals surface area (Å²) in [5, 5.41) is 0. The van der Waals surface area contributed by atoms with Gasteiger partial charge in [0.2, 0.25) is 0 Å². The number of hydrazine groups is 1. The molecule has 0 fully saturated rings. The van der Waals surface area contributed by atoms with E-state index in [-0.39, 0.29) is 23.6 Å². The molecule has 0 aliphatic carbocycles. The fourth-order valence-electron chi connectivity index (χ4n) is 2.29. The first-order valence-corrected chi connectivity index (χ1v) is 6.43. The van der Waals surface area contributed by atoms with Crippen LogP contribution in [0.25, 0.3) is 0 Å². The molecule has 0 radical (unpaired) electrons. The van der Waals surface area contributed by atoms with Gasteiger partial charge in [0.15, 0.2) is 11.6 Å². The van der Waals surface area contributed by atoms with Gasteiger partial charge in [-0.05, 0) is 30.7 Å². The lowest BCUT2D eigenvalue weighted by Crippen LogP contribution is -2.50. The van der Waals surface area contributed by atoms with E-state index in [1.807, 2.05) is 25.8 Å². The van der Waals surface area contributed by atoms with Crippen LogP contribution in [-0.2, 0) is 11.3 Å². The van der Waals surface area contributed by atoms with Crippen LogP contribution in [0.1, 0.15) is 19.4 Å². The number of nitrogens with two attached hydrogens (primary N) is 1. The van der Waals surface area contributed by atoms with Crippen LogP contribution in [0.15, 0.2) is 18.2 Å². The van der Waals surface area contributed by atoms with Crippen molar-refractivity contribution >= 4 is 5.91 Å². The van der Waals surface area contributed by atoms with Crippen molar-refractivity contribution in [2.75, 3.05) is 14.2 Å². The monoisotopic (exact) mass is 283 g/mol. The molecular weight excluding hydrogens is 261 g/mol. The highest BCUT2D eigenvalue weighted by Crippen LogP contribution is 2.20. The van der Waals surface area contributed by atoms with E-state index in [4.69, 9.17) is 10.6 Å². The van der Waals surface area contributed by atoms with Gasteiger partial charge in [0.1, 0.15) is 0 Å². The third-order valence-electron chi connectivity index (χ3n) is 3.17. The molecule has 0 saturated carbocycles. The molecule has 0 saturated heterocycles. The van der Waals surface area contributed by atoms with Crippen molar-refractivity contribution in [2.24, 2.45) is 11.8 Å². The summed E-state index contributed by atoms with van der Waals surface area (Å²) >= 11 is 0. The number of halogens is 1. The lowest BCUT2D eigenvalue weighted by molar-refractivity contribution is -0.127. The van der Waals surface area contributed by atoms with Crippen molar-refractivity contribution < 1.29 is 13.9 Å². The molecule has 1 aromatic rings. The molecule has 0 aromatic heterocycles. The van der Waals surface area contributed by atoms with E-state index in [1.54, 1.807) is 12.1 Å². The topological polar surface area (TPSA) is 67.6 Å². The molecule has 20 heavy (non-hydrogen) atoms. The van der Waals surface area contributed by atoms with Crippen molar-refractivity contribution in [1.29, 1.82) is 0 Å². The first kappa shape index (κ1) is 16.4. The zero-order valence-corrected chi connectivity index (χ0v) is 12.3. The number of amides is 1. The fourth-order valence-corrected chi connectivity index (χ4v) is 2.29. The Labute approximate surface area is 118 Å². The van der Waals surface area contributed by atoms with Gasteiger partial charge in [-0.3, -0.25) is 15.1 Å². The molecule has 0 heterocycles. The number of methoxy groups -OCH3 is 1. The van der Waals surface area contributed by atoms with E-state index in [2.05, 4.69) is 5.43 Å². The van der Waals surface area contributed by atoms with Gasteiger partial charge in [0, 0.05) is 6.54 Å². The Morgan fingerprint density at radius 2 is 2.15 bits per heavy atom. The summed E-state index contributed by atoms with van der Waals surface area (Å²) in [5.41, 5.74) is 2.93. The molecule has 3 N–H and O–H groups in total. The van der Waals surface area contributed by atoms with E-state index in [0.29, 0.717) is 6.54 Å². The van der Waals surface area contributed by atoms with E-state index in [1.165, 1.54) is 13.2 Å². The third-order valence-corrected chi connectivity index (χ3v) is 3.17. The van der Waals surface area contributed by atoms with Crippen molar-refractivity contribution in [2.45, 2.75) is 26.4 Å². The molecule has 0 aliphatic rings. The number of hydrogen-bond acceptors (Lipinski definition) is 4. The van der Waals surface area contributed by atoms with Crippen molar-refractivity contribution in [3.05, 3.63) is 29.6 Å². The van der Waals surface area contributed by atoms with Gasteiger partial charge in [0.05, 0.1) is 13.2 Å². The maximum absolute atomic E-state index is 13.6. The van der Waals surface area contributed by atoms with Crippen LogP contribution >= 0.6 is 0 Å². The molecule has 0 aliphatic heterocycles. The predicted octanol–water partition coefficient (Wildman–Crippen LogP) is 1.28. The van der Waals surface area contributed by atoms with Crippen LogP contribution in [0.3, 0.4) is 0 Å². The Balaban J connectivity index is 2.85. The minimum atomic E-state index is -0.414. The highest BCUT2D eigenvalue weighted by Gasteiger charge is 2.26. The summed E-state index contributed by atoms with van der Waals surface area (Å²) in [6.07, 6.45) is 0. The number of nitrogens with zero attached hydrogens (tertiary/aromatic N) is 1. The number of carbonyl (C=O) groups is 1. The minimum absolute atomic E-state index is 0.0895. The molecule has 1 aromatic carbocycles. The molecule has 0 spiro atoms. The average Bonchev–Trinajstić information content (AvgIpc) is 2.38. The average molecular weight is 283 g/mol. The second kappa shape index (κ2) is 7.21. The number of hydrogen-bond donors (Lipinski definition) is 2. The SMILES string of the molecule is COc1ccc(CN(C)C(C(=O)NN)C(C)C)cc1F. The Kier molecular flexibility index (Phi) is 5.91. The Morgan fingerprint density at radius 3 is 2.60 bits per heavy atom. The van der Waals surface area contributed by atoms with Crippen molar-refractivity contribution in [1.82, 2.24) is 10.3 Å². The Hall–Kier alpha value is -1.66. The summed E-state index contributed by atoms with van der Waals surface area (Å²) in [6.45, 7) is 4.31. The smallest absolute Gasteiger partial charge is 0.251 e. The quantitative estimate of drug-likeness (QED) is 0.469. The van der Waals surface area contributed by atoms with Crippen LogP contribution in [0, 0.1) is 11.7 Å². The third kappa shape index (κ3) is 3.91. The number of nitrogens with one attached hydrogen (secondary N) is 1. The molecule has 112 valence electrons. The van der Waals surface area contributed by atoms with Gasteiger partial charge in [-0.15, -0.1) is 0 Å². The van der Waals surface area contributed by atoms with Crippen LogP contribution in [0.5, 0.6) is 5.75 Å². The summed E-state index contributed by atoms with van der Waals surface area (Å²) in [6, 6.07) is 4.39. The van der Waals surface area contributed by atoms with Crippen LogP contribution in [-0.4, -0.2) is 31.0 Å².